The molecule has 10 nitrogen and oxygen atoms in total. The Bertz CT molecular complexity index is 2440. The molecule has 3 aromatic heterocycles. The number of allylic oxidation sites excluding steroid dienone is 3. The molecule has 0 bridgehead atoms. The smallest absolute Gasteiger partial charge is 0.258 e. The molecule has 0 unspecified atom stereocenters. The summed E-state index contributed by atoms with van der Waals surface area (Å²) in [6.07, 6.45) is 12.3. The van der Waals surface area contributed by atoms with E-state index in [1.54, 1.807) is 0 Å². The van der Waals surface area contributed by atoms with Crippen LogP contribution >= 0.6 is 0 Å². The number of benzene rings is 3. The van der Waals surface area contributed by atoms with Crippen LogP contribution in [0, 0.1) is 20.8 Å². The Balaban J connectivity index is 0.863. The predicted octanol–water partition coefficient (Wildman–Crippen LogP) is 9.64. The van der Waals surface area contributed by atoms with Crippen LogP contribution in [-0.4, -0.2) is 33.8 Å². The topological polar surface area (TPSA) is 143 Å². The van der Waals surface area contributed by atoms with E-state index < -0.39 is 0 Å². The fraction of sp³-hybridized carbons (Fsp3) is 0.283. The Morgan fingerprint density at radius 1 is 0.679 bits per heavy atom. The molecule has 7 rings (SSSR count). The van der Waals surface area contributed by atoms with Crippen LogP contribution in [0.25, 0.3) is 27.9 Å². The van der Waals surface area contributed by atoms with Gasteiger partial charge in [0, 0.05) is 66.6 Å². The molecule has 0 fully saturated rings. The summed E-state index contributed by atoms with van der Waals surface area (Å²) in [5.41, 5.74) is 27.4. The molecule has 6 aromatic rings. The van der Waals surface area contributed by atoms with Crippen molar-refractivity contribution in [2.24, 2.45) is 4.99 Å². The number of hydrogen-bond donors (Lipinski definition) is 5. The summed E-state index contributed by atoms with van der Waals surface area (Å²) in [5.74, 6) is 0.645. The van der Waals surface area contributed by atoms with E-state index in [0.717, 1.165) is 88.8 Å². The Kier molecular flexibility index (Phi) is 11.8. The van der Waals surface area contributed by atoms with Crippen molar-refractivity contribution >= 4 is 62.2 Å². The lowest BCUT2D eigenvalue weighted by Gasteiger charge is -2.17. The van der Waals surface area contributed by atoms with E-state index in [0.29, 0.717) is 22.8 Å². The second-order valence-electron chi connectivity index (χ2n) is 14.7. The van der Waals surface area contributed by atoms with Crippen LogP contribution in [0.2, 0.25) is 0 Å². The zero-order chi connectivity index (χ0) is 39.0. The number of aryl methyl sites for hydroxylation is 3. The second kappa shape index (κ2) is 17.5. The fourth-order valence-corrected chi connectivity index (χ4v) is 7.13. The zero-order valence-electron chi connectivity index (χ0n) is 33.0. The maximum absolute atomic E-state index is 6.32. The second-order valence-corrected chi connectivity index (χ2v) is 14.7. The molecule has 1 aliphatic carbocycles. The Morgan fingerprint density at radius 3 is 2.07 bits per heavy atom. The van der Waals surface area contributed by atoms with Gasteiger partial charge in [0.2, 0.25) is 16.9 Å². The van der Waals surface area contributed by atoms with E-state index in [4.69, 9.17) is 31.4 Å². The molecule has 0 saturated heterocycles. The summed E-state index contributed by atoms with van der Waals surface area (Å²) in [6.45, 7) is 10.0. The molecule has 3 heterocycles. The third kappa shape index (κ3) is 8.97. The third-order valence-corrected chi connectivity index (χ3v) is 10.3. The van der Waals surface area contributed by atoms with Crippen molar-refractivity contribution in [3.63, 3.8) is 0 Å². The number of nitrogens with zero attached hydrogens (tertiary/aromatic N) is 5. The molecule has 7 N–H and O–H groups in total. The number of aliphatic imine (C=N–C) groups is 1. The largest absolute Gasteiger partial charge is 0.397 e. The van der Waals surface area contributed by atoms with Gasteiger partial charge in [-0.2, -0.15) is 0 Å². The van der Waals surface area contributed by atoms with Crippen molar-refractivity contribution < 1.29 is 4.57 Å². The summed E-state index contributed by atoms with van der Waals surface area (Å²) in [5, 5.41) is 10.8. The van der Waals surface area contributed by atoms with Gasteiger partial charge in [-0.05, 0) is 82.0 Å². The van der Waals surface area contributed by atoms with Gasteiger partial charge < -0.3 is 27.4 Å². The Labute approximate surface area is 329 Å². The van der Waals surface area contributed by atoms with Crippen LogP contribution in [0.15, 0.2) is 113 Å². The molecule has 0 atom stereocenters. The van der Waals surface area contributed by atoms with Crippen molar-refractivity contribution in [3.8, 4) is 5.69 Å². The number of aromatic nitrogens is 4. The lowest BCUT2D eigenvalue weighted by molar-refractivity contribution is -0.538. The van der Waals surface area contributed by atoms with E-state index >= 15 is 0 Å². The molecule has 0 spiro atoms. The quantitative estimate of drug-likeness (QED) is 0.0397. The van der Waals surface area contributed by atoms with Crippen LogP contribution in [0.4, 0.5) is 34.3 Å². The highest BCUT2D eigenvalue weighted by Crippen LogP contribution is 2.31. The summed E-state index contributed by atoms with van der Waals surface area (Å²) in [4.78, 5) is 19.3. The first-order chi connectivity index (χ1) is 27.2. The average Bonchev–Trinajstić information content (AvgIpc) is 3.19. The van der Waals surface area contributed by atoms with Crippen LogP contribution in [0.3, 0.4) is 0 Å². The van der Waals surface area contributed by atoms with Gasteiger partial charge in [0.25, 0.3) is 5.52 Å². The van der Waals surface area contributed by atoms with Gasteiger partial charge in [-0.25, -0.2) is 19.9 Å². The number of para-hydroxylation sites is 2. The predicted molar refractivity (Wildman–Crippen MR) is 233 cm³/mol. The summed E-state index contributed by atoms with van der Waals surface area (Å²) in [6, 6.07) is 28.7. The number of pyridine rings is 2. The number of rotatable bonds is 15. The molecule has 286 valence electrons. The van der Waals surface area contributed by atoms with E-state index in [2.05, 4.69) is 82.9 Å². The molecular weight excluding hydrogens is 693 g/mol. The highest BCUT2D eigenvalue weighted by atomic mass is 15.0. The van der Waals surface area contributed by atoms with Crippen molar-refractivity contribution in [1.82, 2.24) is 20.3 Å². The van der Waals surface area contributed by atoms with Crippen molar-refractivity contribution in [1.29, 1.82) is 0 Å². The third-order valence-electron chi connectivity index (χ3n) is 10.3. The first-order valence-corrected chi connectivity index (χ1v) is 19.8. The van der Waals surface area contributed by atoms with Gasteiger partial charge in [-0.3, -0.25) is 0 Å². The van der Waals surface area contributed by atoms with E-state index in [1.165, 1.54) is 42.5 Å². The van der Waals surface area contributed by atoms with Crippen molar-refractivity contribution in [3.05, 3.63) is 125 Å². The molecular formula is C46H53N10+. The molecule has 3 aromatic carbocycles. The van der Waals surface area contributed by atoms with Crippen molar-refractivity contribution in [2.45, 2.75) is 72.6 Å². The summed E-state index contributed by atoms with van der Waals surface area (Å²) < 4.78 is 2.22. The van der Waals surface area contributed by atoms with Gasteiger partial charge in [0.15, 0.2) is 5.82 Å². The van der Waals surface area contributed by atoms with Crippen molar-refractivity contribution in [2.75, 3.05) is 35.2 Å². The van der Waals surface area contributed by atoms with Crippen LogP contribution in [0.1, 0.15) is 68.8 Å². The van der Waals surface area contributed by atoms with Gasteiger partial charge >= 0.3 is 0 Å². The minimum Gasteiger partial charge on any atom is -0.397 e. The first kappa shape index (κ1) is 38.0. The van der Waals surface area contributed by atoms with Gasteiger partial charge in [-0.1, -0.05) is 68.2 Å². The van der Waals surface area contributed by atoms with E-state index in [9.17, 15) is 0 Å². The molecule has 0 radical (unpaired) electrons. The number of nitrogen functional groups attached to an aromatic ring is 2. The van der Waals surface area contributed by atoms with Crippen LogP contribution in [0.5, 0.6) is 0 Å². The fourth-order valence-electron chi connectivity index (χ4n) is 7.13. The first-order valence-electron chi connectivity index (χ1n) is 19.8. The highest BCUT2D eigenvalue weighted by molar-refractivity contribution is 6.00. The normalized spacial score (nSPS) is 13.5. The number of hydrogen-bond acceptors (Lipinski definition) is 9. The van der Waals surface area contributed by atoms with E-state index in [1.807, 2.05) is 62.4 Å². The summed E-state index contributed by atoms with van der Waals surface area (Å²) >= 11 is 0. The monoisotopic (exact) mass is 745 g/mol. The SMILES string of the molecule is CC1=C/C(=N/c2nc(C)c(N)cc2Nc2ccccc2)CC=C1NCCCCCCCCNc1cc2c(cc1C)nc1nc(C)c(N)cc1[n+]2-c1ccccc1. The Hall–Kier alpha value is -6.29. The molecule has 10 heteroatoms. The Morgan fingerprint density at radius 2 is 1.34 bits per heavy atom. The van der Waals surface area contributed by atoms with Gasteiger partial charge in [0.05, 0.1) is 28.5 Å². The molecule has 56 heavy (non-hydrogen) atoms. The minimum atomic E-state index is 0.642. The molecule has 0 amide bonds. The number of unbranched alkanes of at least 4 members (excludes halogenated alkanes) is 5. The molecule has 0 saturated carbocycles. The summed E-state index contributed by atoms with van der Waals surface area (Å²) in [7, 11) is 0. The zero-order valence-corrected chi connectivity index (χ0v) is 33.0. The average molecular weight is 746 g/mol. The number of nitrogens with one attached hydrogen (secondary N) is 3. The maximum atomic E-state index is 6.32. The minimum absolute atomic E-state index is 0.642. The molecule has 0 aliphatic heterocycles. The lowest BCUT2D eigenvalue weighted by Crippen LogP contribution is -2.33. The highest BCUT2D eigenvalue weighted by Gasteiger charge is 2.22. The van der Waals surface area contributed by atoms with Gasteiger partial charge in [-0.15, -0.1) is 4.57 Å². The van der Waals surface area contributed by atoms with Gasteiger partial charge in [0.1, 0.15) is 5.52 Å². The maximum Gasteiger partial charge on any atom is 0.258 e. The number of anilines is 5. The van der Waals surface area contributed by atoms with Crippen LogP contribution < -0.4 is 32.0 Å². The molecule has 1 aliphatic rings. The van der Waals surface area contributed by atoms with E-state index in [-0.39, 0.29) is 0 Å². The number of nitrogens with two attached hydrogens (primary N) is 2. The lowest BCUT2D eigenvalue weighted by atomic mass is 10.0. The standard InChI is InChI=1S/C46H52N10/c1-30-25-35(54-45-42(27-37(47)32(3)51-45)53-34-17-11-9-12-18-34)21-22-39(30)49-23-15-7-5-6-8-16-24-50-40-29-43-41(26-31(40)2)55-46-44(28-38(48)33(4)52-46)56(43)36-19-13-10-14-20-36/h9-14,17-20,22,25-29,49,53H,5-8,15-16,21,23-24,47H2,1-4H3,(H2,48,50)/p+1/b54-35+. The number of fused-ring (bicyclic) bond motifs is 2. The van der Waals surface area contributed by atoms with Crippen LogP contribution in [-0.2, 0) is 0 Å².